The van der Waals surface area contributed by atoms with Crippen LogP contribution in [0.5, 0.6) is 5.75 Å². The number of unbranched alkanes of at least 4 members (excludes halogenated alkanes) is 2. The molecule has 14 heteroatoms. The van der Waals surface area contributed by atoms with Gasteiger partial charge in [-0.1, -0.05) is 43.0 Å². The summed E-state index contributed by atoms with van der Waals surface area (Å²) in [5.41, 5.74) is 2.87. The lowest BCUT2D eigenvalue weighted by Gasteiger charge is -2.13. The zero-order valence-electron chi connectivity index (χ0n) is 16.3. The number of ether oxygens (including phenoxy) is 1. The lowest BCUT2D eigenvalue weighted by atomic mass is 10.2. The third kappa shape index (κ3) is 4.80. The highest BCUT2D eigenvalue weighted by Gasteiger charge is 2.43. The normalized spacial score (nSPS) is 12.5. The molecule has 6 nitrogen and oxygen atoms in total. The van der Waals surface area contributed by atoms with Crippen LogP contribution in [0.3, 0.4) is 0 Å². The molecule has 174 valence electrons. The van der Waals surface area contributed by atoms with Gasteiger partial charge in [0, 0.05) is 12.1 Å². The summed E-state index contributed by atoms with van der Waals surface area (Å²) >= 11 is 12.4. The first kappa shape index (κ1) is 24.2. The van der Waals surface area contributed by atoms with Gasteiger partial charge in [-0.15, -0.1) is 5.10 Å². The topological polar surface area (TPSA) is 78.8 Å². The minimum atomic E-state index is -5.26. The van der Waals surface area contributed by atoms with Gasteiger partial charge in [0.15, 0.2) is 11.3 Å². The molecular weight excluding hydrogens is 487 g/mol. The highest BCUT2D eigenvalue weighted by Crippen LogP contribution is 2.41. The summed E-state index contributed by atoms with van der Waals surface area (Å²) < 4.78 is 85.6. The maximum absolute atomic E-state index is 13.4. The van der Waals surface area contributed by atoms with Gasteiger partial charge in [0.2, 0.25) is 5.82 Å². The Labute approximate surface area is 187 Å². The Morgan fingerprint density at radius 3 is 2.16 bits per heavy atom. The molecule has 0 saturated heterocycles. The Kier molecular flexibility index (Phi) is 6.66. The van der Waals surface area contributed by atoms with E-state index in [0.29, 0.717) is 17.0 Å². The number of benzene rings is 1. The molecule has 0 aliphatic carbocycles. The number of alkyl halides is 6. The Balaban J connectivity index is 2.15. The van der Waals surface area contributed by atoms with E-state index in [9.17, 15) is 26.3 Å². The van der Waals surface area contributed by atoms with Gasteiger partial charge in [-0.25, -0.2) is 14.6 Å². The molecule has 0 amide bonds. The van der Waals surface area contributed by atoms with Crippen LogP contribution >= 0.6 is 23.2 Å². The molecule has 0 bridgehead atoms. The SMILES string of the molecule is CCCCCOc1cc(Cl)c(-n2nc3nc(C(F)(F)F)nc(C(F)(F)F)c3c2N)c(Cl)c1. The summed E-state index contributed by atoms with van der Waals surface area (Å²) in [5.74, 6) is -2.39. The van der Waals surface area contributed by atoms with E-state index < -0.39 is 40.7 Å². The molecule has 0 atom stereocenters. The molecule has 3 rings (SSSR count). The number of nitrogens with two attached hydrogens (primary N) is 1. The van der Waals surface area contributed by atoms with Crippen molar-refractivity contribution in [2.45, 2.75) is 38.5 Å². The van der Waals surface area contributed by atoms with Gasteiger partial charge < -0.3 is 10.5 Å². The number of halogens is 8. The fraction of sp³-hybridized carbons (Fsp3) is 0.389. The molecule has 2 heterocycles. The molecule has 1 aromatic carbocycles. The average Bonchev–Trinajstić information content (AvgIpc) is 2.99. The van der Waals surface area contributed by atoms with Crippen molar-refractivity contribution in [3.8, 4) is 11.4 Å². The summed E-state index contributed by atoms with van der Waals surface area (Å²) in [6.07, 6.45) is -7.79. The van der Waals surface area contributed by atoms with Crippen LogP contribution in [0.1, 0.15) is 37.7 Å². The molecule has 0 fully saturated rings. The minimum Gasteiger partial charge on any atom is -0.493 e. The third-order valence-corrected chi connectivity index (χ3v) is 4.89. The van der Waals surface area contributed by atoms with E-state index in [0.717, 1.165) is 19.3 Å². The number of nitrogen functional groups attached to an aromatic ring is 1. The highest BCUT2D eigenvalue weighted by molar-refractivity contribution is 6.38. The Hall–Kier alpha value is -2.47. The van der Waals surface area contributed by atoms with E-state index in [1.54, 1.807) is 0 Å². The second-order valence-corrected chi connectivity index (χ2v) is 7.49. The van der Waals surface area contributed by atoms with Gasteiger partial charge in [0.05, 0.1) is 22.0 Å². The van der Waals surface area contributed by atoms with Crippen LogP contribution in [-0.4, -0.2) is 26.4 Å². The summed E-state index contributed by atoms with van der Waals surface area (Å²) in [4.78, 5) is 5.74. The fourth-order valence-corrected chi connectivity index (χ4v) is 3.51. The van der Waals surface area contributed by atoms with Crippen LogP contribution < -0.4 is 10.5 Å². The van der Waals surface area contributed by atoms with Crippen molar-refractivity contribution in [2.24, 2.45) is 0 Å². The quantitative estimate of drug-likeness (QED) is 0.316. The van der Waals surface area contributed by atoms with E-state index >= 15 is 0 Å². The maximum Gasteiger partial charge on any atom is 0.451 e. The largest absolute Gasteiger partial charge is 0.493 e. The van der Waals surface area contributed by atoms with Crippen molar-refractivity contribution in [3.05, 3.63) is 33.7 Å². The van der Waals surface area contributed by atoms with Crippen molar-refractivity contribution in [1.29, 1.82) is 0 Å². The van der Waals surface area contributed by atoms with Gasteiger partial charge in [-0.3, -0.25) is 0 Å². The van der Waals surface area contributed by atoms with Crippen LogP contribution in [0.2, 0.25) is 10.0 Å². The van der Waals surface area contributed by atoms with Crippen molar-refractivity contribution < 1.29 is 31.1 Å². The predicted octanol–water partition coefficient (Wildman–Crippen LogP) is 6.31. The smallest absolute Gasteiger partial charge is 0.451 e. The number of hydrogen-bond donors (Lipinski definition) is 1. The Morgan fingerprint density at radius 2 is 1.62 bits per heavy atom. The molecule has 2 aromatic heterocycles. The molecule has 2 N–H and O–H groups in total. The summed E-state index contributed by atoms with van der Waals surface area (Å²) in [7, 11) is 0. The number of fused-ring (bicyclic) bond motifs is 1. The Bertz CT molecular complexity index is 1120. The van der Waals surface area contributed by atoms with Crippen molar-refractivity contribution in [3.63, 3.8) is 0 Å². The summed E-state index contributed by atoms with van der Waals surface area (Å²) in [5, 5.41) is 2.60. The van der Waals surface area contributed by atoms with Crippen molar-refractivity contribution >= 4 is 40.1 Å². The van der Waals surface area contributed by atoms with Crippen LogP contribution in [0.25, 0.3) is 16.7 Å². The number of nitrogens with zero attached hydrogens (tertiary/aromatic N) is 4. The molecule has 0 unspecified atom stereocenters. The molecule has 32 heavy (non-hydrogen) atoms. The first-order valence-electron chi connectivity index (χ1n) is 9.17. The zero-order chi connectivity index (χ0) is 23.8. The van der Waals surface area contributed by atoms with Gasteiger partial charge in [0.25, 0.3) is 0 Å². The third-order valence-electron chi connectivity index (χ3n) is 4.31. The fourth-order valence-electron chi connectivity index (χ4n) is 2.88. The van der Waals surface area contributed by atoms with Gasteiger partial charge in [0.1, 0.15) is 17.3 Å². The first-order chi connectivity index (χ1) is 14.8. The molecule has 0 aliphatic heterocycles. The molecule has 0 spiro atoms. The van der Waals surface area contributed by atoms with Gasteiger partial charge in [-0.2, -0.15) is 26.3 Å². The average molecular weight is 502 g/mol. The van der Waals surface area contributed by atoms with Gasteiger partial charge >= 0.3 is 12.4 Å². The first-order valence-corrected chi connectivity index (χ1v) is 9.93. The number of rotatable bonds is 6. The molecule has 0 radical (unpaired) electrons. The molecule has 0 aliphatic rings. The standard InChI is InChI=1S/C18H15Cl2F6N5O/c1-2-3-4-5-32-8-6-9(19)12(10(20)7-8)31-14(27)11-13(17(21,22)23)28-16(18(24,25)26)29-15(11)30-31/h6-7H,2-5,27H2,1H3. The second kappa shape index (κ2) is 8.81. The van der Waals surface area contributed by atoms with E-state index in [4.69, 9.17) is 33.7 Å². The lowest BCUT2D eigenvalue weighted by molar-refractivity contribution is -0.151. The van der Waals surface area contributed by atoms with Gasteiger partial charge in [-0.05, 0) is 6.42 Å². The molecular formula is C18H15Cl2F6N5O. The van der Waals surface area contributed by atoms with Crippen LogP contribution in [0.15, 0.2) is 12.1 Å². The number of aromatic nitrogens is 4. The lowest BCUT2D eigenvalue weighted by Crippen LogP contribution is -2.17. The minimum absolute atomic E-state index is 0.0972. The van der Waals surface area contributed by atoms with E-state index in [1.807, 2.05) is 6.92 Å². The van der Waals surface area contributed by atoms with E-state index in [1.165, 1.54) is 12.1 Å². The van der Waals surface area contributed by atoms with Crippen LogP contribution in [0.4, 0.5) is 32.2 Å². The monoisotopic (exact) mass is 501 g/mol. The Morgan fingerprint density at radius 1 is 1.00 bits per heavy atom. The summed E-state index contributed by atoms with van der Waals surface area (Å²) in [6, 6.07) is 2.69. The van der Waals surface area contributed by atoms with Crippen LogP contribution in [0, 0.1) is 0 Å². The molecule has 0 saturated carbocycles. The van der Waals surface area contributed by atoms with E-state index in [2.05, 4.69) is 15.1 Å². The van der Waals surface area contributed by atoms with Crippen LogP contribution in [-0.2, 0) is 12.4 Å². The van der Waals surface area contributed by atoms with E-state index in [-0.39, 0.29) is 15.7 Å². The highest BCUT2D eigenvalue weighted by atomic mass is 35.5. The van der Waals surface area contributed by atoms with Crippen molar-refractivity contribution in [1.82, 2.24) is 19.7 Å². The molecule has 3 aromatic rings. The second-order valence-electron chi connectivity index (χ2n) is 6.68. The van der Waals surface area contributed by atoms with Crippen molar-refractivity contribution in [2.75, 3.05) is 12.3 Å². The summed E-state index contributed by atoms with van der Waals surface area (Å²) in [6.45, 7) is 2.41. The number of hydrogen-bond acceptors (Lipinski definition) is 5. The predicted molar refractivity (Wildman–Crippen MR) is 106 cm³/mol. The number of anilines is 1. The maximum atomic E-state index is 13.4. The zero-order valence-corrected chi connectivity index (χ0v) is 17.8.